The predicted molar refractivity (Wildman–Crippen MR) is 164 cm³/mol. The number of pyridine rings is 1. The zero-order chi connectivity index (χ0) is 32.3. The first-order chi connectivity index (χ1) is 22.2. The van der Waals surface area contributed by atoms with Crippen LogP contribution in [0.25, 0.3) is 22.6 Å². The molecule has 4 aromatic rings. The molecule has 14 heteroatoms. The molecule has 1 amide bonds. The summed E-state index contributed by atoms with van der Waals surface area (Å²) in [5, 5.41) is 6.07. The van der Waals surface area contributed by atoms with Gasteiger partial charge in [0.1, 0.15) is 23.9 Å². The highest BCUT2D eigenvalue weighted by Crippen LogP contribution is 2.45. The lowest BCUT2D eigenvalue weighted by atomic mass is 9.86. The topological polar surface area (TPSA) is 131 Å². The number of hydrogen-bond donors (Lipinski definition) is 2. The van der Waals surface area contributed by atoms with Crippen molar-refractivity contribution < 1.29 is 22.7 Å². The highest BCUT2D eigenvalue weighted by Gasteiger charge is 2.35. The number of halogens is 3. The Morgan fingerprint density at radius 1 is 0.935 bits per heavy atom. The maximum absolute atomic E-state index is 13.7. The van der Waals surface area contributed by atoms with Crippen LogP contribution >= 0.6 is 0 Å². The van der Waals surface area contributed by atoms with Crippen molar-refractivity contribution in [3.05, 3.63) is 71.6 Å². The number of aromatic nitrogens is 6. The maximum atomic E-state index is 13.7. The SMILES string of the molecule is CNCC(=O)N1CCC(c2ccc(C(F)(F)F)nc2-c2ccc(CNc3ncnc(-c4c(OC)ncnc4C4CC4)n3)cc2)CC1. The molecule has 2 fully saturated rings. The summed E-state index contributed by atoms with van der Waals surface area (Å²) in [4.78, 5) is 40.1. The number of benzene rings is 1. The molecule has 0 bridgehead atoms. The zero-order valence-electron chi connectivity index (χ0n) is 25.5. The fourth-order valence-electron chi connectivity index (χ4n) is 5.77. The molecule has 0 radical (unpaired) electrons. The van der Waals surface area contributed by atoms with Crippen molar-refractivity contribution in [1.29, 1.82) is 0 Å². The number of nitrogens with one attached hydrogen (secondary N) is 2. The van der Waals surface area contributed by atoms with Crippen LogP contribution in [0.5, 0.6) is 5.88 Å². The molecule has 11 nitrogen and oxygen atoms in total. The lowest BCUT2D eigenvalue weighted by Gasteiger charge is -2.33. The number of likely N-dealkylation sites (N-methyl/N-ethyl adjacent to an activating group) is 1. The van der Waals surface area contributed by atoms with Crippen molar-refractivity contribution in [1.82, 2.24) is 40.1 Å². The van der Waals surface area contributed by atoms with E-state index in [0.29, 0.717) is 72.9 Å². The molecular formula is C32H34F3N9O2. The van der Waals surface area contributed by atoms with E-state index < -0.39 is 11.9 Å². The molecular weight excluding hydrogens is 599 g/mol. The van der Waals surface area contributed by atoms with Gasteiger partial charge in [-0.25, -0.2) is 24.9 Å². The summed E-state index contributed by atoms with van der Waals surface area (Å²) in [7, 11) is 3.26. The highest BCUT2D eigenvalue weighted by atomic mass is 19.4. The Morgan fingerprint density at radius 2 is 1.67 bits per heavy atom. The van der Waals surface area contributed by atoms with Crippen molar-refractivity contribution in [2.45, 2.75) is 50.2 Å². The first-order valence-electron chi connectivity index (χ1n) is 15.2. The summed E-state index contributed by atoms with van der Waals surface area (Å²) in [6.45, 7) is 1.71. The number of carbonyl (C=O) groups is 1. The molecule has 0 spiro atoms. The minimum absolute atomic E-state index is 0.0149. The molecule has 240 valence electrons. The third-order valence-corrected chi connectivity index (χ3v) is 8.31. The molecule has 1 aromatic carbocycles. The van der Waals surface area contributed by atoms with E-state index in [1.807, 2.05) is 12.1 Å². The minimum atomic E-state index is -4.57. The van der Waals surface area contributed by atoms with Crippen LogP contribution in [0.3, 0.4) is 0 Å². The lowest BCUT2D eigenvalue weighted by molar-refractivity contribution is -0.141. The number of ether oxygens (including phenoxy) is 1. The Hall–Kier alpha value is -4.72. The largest absolute Gasteiger partial charge is 0.480 e. The molecule has 1 aliphatic heterocycles. The molecule has 2 aliphatic rings. The van der Waals surface area contributed by atoms with Gasteiger partial charge in [0, 0.05) is 31.1 Å². The summed E-state index contributed by atoms with van der Waals surface area (Å²) in [6, 6.07) is 9.82. The first kappa shape index (κ1) is 31.3. The van der Waals surface area contributed by atoms with Crippen molar-refractivity contribution in [2.75, 3.05) is 39.1 Å². The van der Waals surface area contributed by atoms with E-state index in [2.05, 4.69) is 40.5 Å². The molecule has 46 heavy (non-hydrogen) atoms. The number of hydrogen-bond acceptors (Lipinski definition) is 10. The van der Waals surface area contributed by atoms with Gasteiger partial charge in [-0.05, 0) is 55.8 Å². The van der Waals surface area contributed by atoms with Gasteiger partial charge in [0.15, 0.2) is 5.82 Å². The second-order valence-corrected chi connectivity index (χ2v) is 11.4. The molecule has 1 saturated carbocycles. The molecule has 2 N–H and O–H groups in total. The van der Waals surface area contributed by atoms with Crippen LogP contribution in [0.4, 0.5) is 19.1 Å². The maximum Gasteiger partial charge on any atom is 0.433 e. The molecule has 0 unspecified atom stereocenters. The molecule has 1 saturated heterocycles. The van der Waals surface area contributed by atoms with Crippen molar-refractivity contribution in [2.24, 2.45) is 0 Å². The molecule has 0 atom stereocenters. The Bertz CT molecular complexity index is 1690. The fourth-order valence-corrected chi connectivity index (χ4v) is 5.77. The summed E-state index contributed by atoms with van der Waals surface area (Å²) < 4.78 is 46.5. The summed E-state index contributed by atoms with van der Waals surface area (Å²) in [5.41, 5.74) is 3.09. The van der Waals surface area contributed by atoms with E-state index in [9.17, 15) is 18.0 Å². The zero-order valence-corrected chi connectivity index (χ0v) is 25.5. The molecule has 6 rings (SSSR count). The van der Waals surface area contributed by atoms with Crippen LogP contribution in [0, 0.1) is 0 Å². The summed E-state index contributed by atoms with van der Waals surface area (Å²) >= 11 is 0. The van der Waals surface area contributed by atoms with E-state index in [4.69, 9.17) is 4.74 Å². The number of methoxy groups -OCH3 is 1. The third-order valence-electron chi connectivity index (χ3n) is 8.31. The van der Waals surface area contributed by atoms with Crippen LogP contribution in [0.1, 0.15) is 60.0 Å². The average Bonchev–Trinajstić information content (AvgIpc) is 3.93. The molecule has 3 aromatic heterocycles. The monoisotopic (exact) mass is 633 g/mol. The second-order valence-electron chi connectivity index (χ2n) is 11.4. The number of rotatable bonds is 10. The number of amides is 1. The predicted octanol–water partition coefficient (Wildman–Crippen LogP) is 4.83. The smallest absolute Gasteiger partial charge is 0.433 e. The summed E-state index contributed by atoms with van der Waals surface area (Å²) in [6.07, 6.45) is 1.69. The summed E-state index contributed by atoms with van der Waals surface area (Å²) in [5.74, 6) is 1.49. The van der Waals surface area contributed by atoms with Gasteiger partial charge in [-0.2, -0.15) is 18.2 Å². The van der Waals surface area contributed by atoms with Crippen LogP contribution < -0.4 is 15.4 Å². The minimum Gasteiger partial charge on any atom is -0.480 e. The first-order valence-corrected chi connectivity index (χ1v) is 15.2. The Labute approximate surface area is 264 Å². The van der Waals surface area contributed by atoms with Gasteiger partial charge < -0.3 is 20.3 Å². The molecule has 4 heterocycles. The van der Waals surface area contributed by atoms with Gasteiger partial charge in [-0.3, -0.25) is 4.79 Å². The van der Waals surface area contributed by atoms with Crippen LogP contribution in [-0.4, -0.2) is 74.5 Å². The second kappa shape index (κ2) is 13.3. The Morgan fingerprint density at radius 3 is 2.35 bits per heavy atom. The van der Waals surface area contributed by atoms with Gasteiger partial charge in [0.25, 0.3) is 0 Å². The van der Waals surface area contributed by atoms with E-state index in [0.717, 1.165) is 35.7 Å². The van der Waals surface area contributed by atoms with E-state index in [1.165, 1.54) is 18.7 Å². The Kier molecular flexibility index (Phi) is 9.06. The number of anilines is 1. The van der Waals surface area contributed by atoms with E-state index >= 15 is 0 Å². The standard InChI is InChI=1S/C32H34F3N9O2/c1-36-16-25(45)44-13-11-20(12-14-44)23-9-10-24(32(33,34)35)42-27(23)21-5-3-19(4-6-21)15-37-31-41-18-39-29(43-31)26-28(22-7-8-22)38-17-40-30(26)46-2/h3-6,9-10,17-18,20,22,36H,7-8,11-16H2,1-2H3,(H,37,39,41,43). The number of nitrogens with zero attached hydrogens (tertiary/aromatic N) is 7. The number of carbonyl (C=O) groups excluding carboxylic acids is 1. The van der Waals surface area contributed by atoms with Gasteiger partial charge in [-0.1, -0.05) is 30.3 Å². The van der Waals surface area contributed by atoms with Crippen molar-refractivity contribution >= 4 is 11.9 Å². The van der Waals surface area contributed by atoms with E-state index in [-0.39, 0.29) is 18.4 Å². The number of piperidine rings is 1. The Balaban J connectivity index is 1.19. The quantitative estimate of drug-likeness (QED) is 0.250. The number of alkyl halides is 3. The normalized spacial score (nSPS) is 15.5. The number of likely N-dealkylation sites (tertiary alicyclic amines) is 1. The van der Waals surface area contributed by atoms with Gasteiger partial charge in [-0.15, -0.1) is 0 Å². The van der Waals surface area contributed by atoms with Gasteiger partial charge in [0.2, 0.25) is 17.7 Å². The van der Waals surface area contributed by atoms with Crippen LogP contribution in [0.15, 0.2) is 49.1 Å². The molecule has 1 aliphatic carbocycles. The van der Waals surface area contributed by atoms with Crippen LogP contribution in [-0.2, 0) is 17.5 Å². The van der Waals surface area contributed by atoms with Crippen molar-refractivity contribution in [3.8, 4) is 28.5 Å². The third kappa shape index (κ3) is 6.91. The van der Waals surface area contributed by atoms with Gasteiger partial charge >= 0.3 is 6.18 Å². The van der Waals surface area contributed by atoms with Gasteiger partial charge in [0.05, 0.1) is 25.0 Å². The van der Waals surface area contributed by atoms with Crippen molar-refractivity contribution in [3.63, 3.8) is 0 Å². The lowest BCUT2D eigenvalue weighted by Crippen LogP contribution is -2.42. The fraction of sp³-hybridized carbons (Fsp3) is 0.406. The highest BCUT2D eigenvalue weighted by molar-refractivity contribution is 5.78. The average molecular weight is 634 g/mol. The van der Waals surface area contributed by atoms with E-state index in [1.54, 1.807) is 31.2 Å². The van der Waals surface area contributed by atoms with Crippen LogP contribution in [0.2, 0.25) is 0 Å².